The second kappa shape index (κ2) is 5.84. The number of nitrogens with one attached hydrogen (secondary N) is 1. The van der Waals surface area contributed by atoms with Crippen LogP contribution in [0.15, 0.2) is 48.5 Å². The van der Waals surface area contributed by atoms with Crippen LogP contribution in [0.1, 0.15) is 32.4 Å². The number of hydrogen-bond donors (Lipinski definition) is 1. The second-order valence-corrected chi connectivity index (χ2v) is 5.96. The quantitative estimate of drug-likeness (QED) is 0.906. The van der Waals surface area contributed by atoms with Gasteiger partial charge in [0.1, 0.15) is 0 Å². The van der Waals surface area contributed by atoms with Crippen molar-refractivity contribution in [3.8, 4) is 0 Å². The topological polar surface area (TPSA) is 32.3 Å². The Kier molecular flexibility index (Phi) is 3.88. The Hall–Kier alpha value is -2.29. The van der Waals surface area contributed by atoms with E-state index in [4.69, 9.17) is 0 Å². The molecular formula is C19H21N2O. The second-order valence-electron chi connectivity index (χ2n) is 5.96. The van der Waals surface area contributed by atoms with Gasteiger partial charge in [-0.05, 0) is 42.8 Å². The molecule has 2 aromatic carbocycles. The average molecular weight is 293 g/mol. The summed E-state index contributed by atoms with van der Waals surface area (Å²) in [6, 6.07) is 19.5. The van der Waals surface area contributed by atoms with Gasteiger partial charge in [0.2, 0.25) is 5.91 Å². The van der Waals surface area contributed by atoms with Crippen LogP contribution in [0.2, 0.25) is 0 Å². The number of amides is 1. The minimum absolute atomic E-state index is 0.0879. The highest BCUT2D eigenvalue weighted by Gasteiger charge is 2.37. The number of hydrogen-bond acceptors (Lipinski definition) is 2. The Bertz CT molecular complexity index is 668. The fraction of sp³-hybridized carbons (Fsp3) is 0.316. The number of nitrogens with zero attached hydrogens (tertiary/aromatic N) is 1. The van der Waals surface area contributed by atoms with E-state index in [1.165, 1.54) is 0 Å². The third kappa shape index (κ3) is 2.47. The lowest BCUT2D eigenvalue weighted by molar-refractivity contribution is -0.117. The van der Waals surface area contributed by atoms with E-state index in [9.17, 15) is 4.79 Å². The van der Waals surface area contributed by atoms with Crippen LogP contribution in [0.4, 0.5) is 11.4 Å². The summed E-state index contributed by atoms with van der Waals surface area (Å²) < 4.78 is 0. The molecule has 113 valence electrons. The molecule has 3 atom stereocenters. The average Bonchev–Trinajstić information content (AvgIpc) is 2.52. The van der Waals surface area contributed by atoms with E-state index in [1.54, 1.807) is 6.92 Å². The van der Waals surface area contributed by atoms with E-state index >= 15 is 0 Å². The molecule has 1 radical (unpaired) electrons. The molecule has 3 heteroatoms. The first-order chi connectivity index (χ1) is 10.6. The monoisotopic (exact) mass is 293 g/mol. The van der Waals surface area contributed by atoms with E-state index < -0.39 is 0 Å². The van der Waals surface area contributed by atoms with Crippen molar-refractivity contribution in [2.75, 3.05) is 10.2 Å². The van der Waals surface area contributed by atoms with Gasteiger partial charge in [-0.25, -0.2) is 0 Å². The largest absolute Gasteiger partial charge is 0.378 e. The van der Waals surface area contributed by atoms with Crippen LogP contribution in [0.25, 0.3) is 0 Å². The predicted octanol–water partition coefficient (Wildman–Crippen LogP) is 4.03. The lowest BCUT2D eigenvalue weighted by atomic mass is 9.82. The summed E-state index contributed by atoms with van der Waals surface area (Å²) in [5.41, 5.74) is 3.22. The zero-order valence-electron chi connectivity index (χ0n) is 13.2. The maximum absolute atomic E-state index is 12.1. The molecule has 0 saturated heterocycles. The van der Waals surface area contributed by atoms with E-state index in [0.29, 0.717) is 5.92 Å². The molecule has 0 aliphatic carbocycles. The van der Waals surface area contributed by atoms with Crippen molar-refractivity contribution >= 4 is 17.3 Å². The van der Waals surface area contributed by atoms with Crippen molar-refractivity contribution < 1.29 is 4.79 Å². The summed E-state index contributed by atoms with van der Waals surface area (Å²) in [5.74, 6) is 0.386. The van der Waals surface area contributed by atoms with Gasteiger partial charge in [0.25, 0.3) is 0 Å². The van der Waals surface area contributed by atoms with Gasteiger partial charge >= 0.3 is 0 Å². The van der Waals surface area contributed by atoms with E-state index in [1.807, 2.05) is 41.3 Å². The molecule has 1 N–H and O–H groups in total. The zero-order valence-corrected chi connectivity index (χ0v) is 13.2. The van der Waals surface area contributed by atoms with Crippen molar-refractivity contribution in [1.82, 2.24) is 0 Å². The normalized spacial score (nSPS) is 23.8. The highest BCUT2D eigenvalue weighted by atomic mass is 16.2. The summed E-state index contributed by atoms with van der Waals surface area (Å²) in [5, 5.41) is 3.62. The third-order valence-corrected chi connectivity index (χ3v) is 4.60. The minimum Gasteiger partial charge on any atom is -0.378 e. The molecule has 1 heterocycles. The lowest BCUT2D eigenvalue weighted by Gasteiger charge is -2.44. The summed E-state index contributed by atoms with van der Waals surface area (Å²) in [6.45, 7) is 5.94. The number of para-hydroxylation sites is 1. The summed E-state index contributed by atoms with van der Waals surface area (Å²) in [7, 11) is 0. The molecular weight excluding hydrogens is 272 g/mol. The highest BCUT2D eigenvalue weighted by molar-refractivity contribution is 5.93. The summed E-state index contributed by atoms with van der Waals surface area (Å²) in [4.78, 5) is 14.0. The van der Waals surface area contributed by atoms with Crippen LogP contribution in [-0.4, -0.2) is 11.9 Å². The molecule has 0 unspecified atom stereocenters. The Morgan fingerprint density at radius 1 is 1.18 bits per heavy atom. The van der Waals surface area contributed by atoms with Gasteiger partial charge in [0.15, 0.2) is 0 Å². The number of rotatable bonds is 2. The highest BCUT2D eigenvalue weighted by Crippen LogP contribution is 2.42. The molecule has 3 nitrogen and oxygen atoms in total. The van der Waals surface area contributed by atoms with Crippen molar-refractivity contribution in [3.63, 3.8) is 0 Å². The van der Waals surface area contributed by atoms with Crippen molar-refractivity contribution in [2.45, 2.75) is 32.9 Å². The first kappa shape index (κ1) is 14.6. The van der Waals surface area contributed by atoms with Crippen LogP contribution in [0.3, 0.4) is 0 Å². The molecule has 0 fully saturated rings. The molecule has 2 aromatic rings. The van der Waals surface area contributed by atoms with Gasteiger partial charge in [-0.1, -0.05) is 31.2 Å². The fourth-order valence-corrected chi connectivity index (χ4v) is 3.30. The number of carbonyl (C=O) groups is 1. The molecule has 1 amide bonds. The van der Waals surface area contributed by atoms with Crippen LogP contribution in [-0.2, 0) is 4.79 Å². The van der Waals surface area contributed by atoms with Gasteiger partial charge in [-0.3, -0.25) is 4.79 Å². The molecule has 0 bridgehead atoms. The minimum atomic E-state index is 0.0879. The third-order valence-electron chi connectivity index (χ3n) is 4.60. The van der Waals surface area contributed by atoms with Crippen LogP contribution in [0, 0.1) is 12.0 Å². The number of carbonyl (C=O) groups excluding carboxylic acids is 1. The Labute approximate surface area is 132 Å². The van der Waals surface area contributed by atoms with Crippen molar-refractivity contribution in [3.05, 3.63) is 60.2 Å². The molecule has 0 spiro atoms. The van der Waals surface area contributed by atoms with Gasteiger partial charge in [0, 0.05) is 30.3 Å². The van der Waals surface area contributed by atoms with Crippen LogP contribution >= 0.6 is 0 Å². The Morgan fingerprint density at radius 2 is 1.91 bits per heavy atom. The molecule has 1 aliphatic rings. The number of fused-ring (bicyclic) bond motifs is 1. The van der Waals surface area contributed by atoms with Gasteiger partial charge in [-0.2, -0.15) is 0 Å². The van der Waals surface area contributed by atoms with Crippen LogP contribution < -0.4 is 10.2 Å². The Balaban J connectivity index is 2.03. The molecule has 0 saturated carbocycles. The maximum Gasteiger partial charge on any atom is 0.224 e. The molecule has 3 rings (SSSR count). The summed E-state index contributed by atoms with van der Waals surface area (Å²) in [6.07, 6.45) is 0. The molecule has 22 heavy (non-hydrogen) atoms. The van der Waals surface area contributed by atoms with Gasteiger partial charge < -0.3 is 10.2 Å². The van der Waals surface area contributed by atoms with E-state index in [-0.39, 0.29) is 18.0 Å². The Morgan fingerprint density at radius 3 is 2.59 bits per heavy atom. The van der Waals surface area contributed by atoms with Crippen LogP contribution in [0.5, 0.6) is 0 Å². The lowest BCUT2D eigenvalue weighted by Crippen LogP contribution is -2.48. The molecule has 0 aromatic heterocycles. The SMILES string of the molecule is CC(=O)N1c2cc[c]cc2[C@H](Nc2ccccc2)[C@@H](C)[C@@H]1C. The van der Waals surface area contributed by atoms with E-state index in [2.05, 4.69) is 37.4 Å². The smallest absolute Gasteiger partial charge is 0.224 e. The van der Waals surface area contributed by atoms with Crippen molar-refractivity contribution in [2.24, 2.45) is 5.92 Å². The van der Waals surface area contributed by atoms with Gasteiger partial charge in [0.05, 0.1) is 6.04 Å². The number of anilines is 2. The fourth-order valence-electron chi connectivity index (χ4n) is 3.30. The number of benzene rings is 2. The zero-order chi connectivity index (χ0) is 15.7. The van der Waals surface area contributed by atoms with E-state index in [0.717, 1.165) is 16.9 Å². The summed E-state index contributed by atoms with van der Waals surface area (Å²) >= 11 is 0. The van der Waals surface area contributed by atoms with Gasteiger partial charge in [-0.15, -0.1) is 0 Å². The molecule has 1 aliphatic heterocycles. The maximum atomic E-state index is 12.1. The van der Waals surface area contributed by atoms with Crippen molar-refractivity contribution in [1.29, 1.82) is 0 Å². The predicted molar refractivity (Wildman–Crippen MR) is 89.9 cm³/mol. The first-order valence-corrected chi connectivity index (χ1v) is 7.71. The first-order valence-electron chi connectivity index (χ1n) is 7.71. The standard InChI is InChI=1S/C19H21N2O/c1-13-14(2)21(15(3)22)18-12-8-7-11-17(18)19(13)20-16-9-5-4-6-10-16/h4-6,8-14,19-20H,1-3H3/t13-,14-,19+/m0/s1.